The van der Waals surface area contributed by atoms with Crippen LogP contribution in [0, 0.1) is 3.57 Å². The van der Waals surface area contributed by atoms with Crippen LogP contribution >= 0.6 is 34.2 Å². The van der Waals surface area contributed by atoms with Crippen LogP contribution in [0.3, 0.4) is 0 Å². The van der Waals surface area contributed by atoms with Crippen LogP contribution in [0.1, 0.15) is 17.3 Å². The van der Waals surface area contributed by atoms with E-state index in [2.05, 4.69) is 22.6 Å². The van der Waals surface area contributed by atoms with Gasteiger partial charge in [0.05, 0.1) is 0 Å². The minimum Gasteiger partial charge on any atom is -0.340 e. The van der Waals surface area contributed by atoms with E-state index in [1.165, 1.54) is 0 Å². The first-order chi connectivity index (χ1) is 7.00. The lowest BCUT2D eigenvalue weighted by molar-refractivity contribution is 0.0796. The van der Waals surface area contributed by atoms with Crippen molar-refractivity contribution in [3.63, 3.8) is 0 Å². The van der Waals surface area contributed by atoms with Gasteiger partial charge in [0.25, 0.3) is 5.91 Å². The zero-order valence-corrected chi connectivity index (χ0v) is 11.6. The maximum atomic E-state index is 11.9. The van der Waals surface area contributed by atoms with Gasteiger partial charge >= 0.3 is 0 Å². The molecule has 1 unspecified atom stereocenters. The summed E-state index contributed by atoms with van der Waals surface area (Å²) in [5.41, 5.74) is 0.704. The predicted molar refractivity (Wildman–Crippen MR) is 71.4 cm³/mol. The van der Waals surface area contributed by atoms with Crippen molar-refractivity contribution in [1.29, 1.82) is 0 Å². The van der Waals surface area contributed by atoms with E-state index in [1.54, 1.807) is 11.9 Å². The lowest BCUT2D eigenvalue weighted by atomic mass is 10.2. The Kier molecular flexibility index (Phi) is 4.86. The summed E-state index contributed by atoms with van der Waals surface area (Å²) in [5, 5.41) is -0.0252. The number of hydrogen-bond donors (Lipinski definition) is 0. The molecule has 1 rings (SSSR count). The fourth-order valence-electron chi connectivity index (χ4n) is 1.27. The van der Waals surface area contributed by atoms with Gasteiger partial charge in [-0.15, -0.1) is 11.6 Å². The Morgan fingerprint density at radius 2 is 2.00 bits per heavy atom. The third kappa shape index (κ3) is 3.99. The number of amides is 1. The SMILES string of the molecule is CC(Cl)CN(C)C(=O)c1ccc(I)cc1. The average Bonchev–Trinajstić information content (AvgIpc) is 2.17. The standard InChI is InChI=1S/C11H13ClINO/c1-8(12)7-14(2)11(15)9-3-5-10(13)6-4-9/h3-6,8H,7H2,1-2H3. The normalized spacial score (nSPS) is 12.3. The van der Waals surface area contributed by atoms with Crippen molar-refractivity contribution >= 4 is 40.1 Å². The molecule has 0 fully saturated rings. The largest absolute Gasteiger partial charge is 0.340 e. The Labute approximate surface area is 109 Å². The van der Waals surface area contributed by atoms with Gasteiger partial charge in [-0.1, -0.05) is 0 Å². The molecule has 0 N–H and O–H groups in total. The van der Waals surface area contributed by atoms with E-state index in [0.717, 1.165) is 3.57 Å². The smallest absolute Gasteiger partial charge is 0.253 e. The second-order valence-electron chi connectivity index (χ2n) is 3.47. The molecule has 0 aromatic heterocycles. The maximum Gasteiger partial charge on any atom is 0.253 e. The number of nitrogens with zero attached hydrogens (tertiary/aromatic N) is 1. The highest BCUT2D eigenvalue weighted by atomic mass is 127. The molecule has 0 radical (unpaired) electrons. The Morgan fingerprint density at radius 1 is 1.47 bits per heavy atom. The fraction of sp³-hybridized carbons (Fsp3) is 0.364. The summed E-state index contributed by atoms with van der Waals surface area (Å²) in [6.07, 6.45) is 0. The van der Waals surface area contributed by atoms with Crippen molar-refractivity contribution in [2.75, 3.05) is 13.6 Å². The van der Waals surface area contributed by atoms with E-state index in [4.69, 9.17) is 11.6 Å². The average molecular weight is 338 g/mol. The molecule has 1 amide bonds. The van der Waals surface area contributed by atoms with Crippen LogP contribution in [0.15, 0.2) is 24.3 Å². The molecule has 1 atom stereocenters. The number of halogens is 2. The van der Waals surface area contributed by atoms with Gasteiger partial charge in [-0.05, 0) is 53.8 Å². The molecule has 1 aromatic rings. The molecule has 0 aliphatic rings. The van der Waals surface area contributed by atoms with Crippen molar-refractivity contribution in [2.45, 2.75) is 12.3 Å². The number of carbonyl (C=O) groups is 1. The van der Waals surface area contributed by atoms with Crippen molar-refractivity contribution in [2.24, 2.45) is 0 Å². The molecule has 0 spiro atoms. The first-order valence-corrected chi connectivity index (χ1v) is 6.17. The summed E-state index contributed by atoms with van der Waals surface area (Å²) in [7, 11) is 1.76. The van der Waals surface area contributed by atoms with Gasteiger partial charge < -0.3 is 4.90 Å². The van der Waals surface area contributed by atoms with Gasteiger partial charge in [0.15, 0.2) is 0 Å². The maximum absolute atomic E-state index is 11.9. The van der Waals surface area contributed by atoms with Crippen molar-refractivity contribution in [1.82, 2.24) is 4.90 Å². The molecule has 1 aromatic carbocycles. The van der Waals surface area contributed by atoms with E-state index in [1.807, 2.05) is 31.2 Å². The third-order valence-corrected chi connectivity index (χ3v) is 2.82. The molecule has 0 saturated carbocycles. The Morgan fingerprint density at radius 3 is 2.47 bits per heavy atom. The molecular formula is C11H13ClINO. The van der Waals surface area contributed by atoms with Gasteiger partial charge in [0.1, 0.15) is 0 Å². The highest BCUT2D eigenvalue weighted by molar-refractivity contribution is 14.1. The van der Waals surface area contributed by atoms with Crippen molar-refractivity contribution in [3.8, 4) is 0 Å². The van der Waals surface area contributed by atoms with E-state index < -0.39 is 0 Å². The van der Waals surface area contributed by atoms with E-state index in [9.17, 15) is 4.79 Å². The van der Waals surface area contributed by atoms with Crippen LogP contribution in [0.5, 0.6) is 0 Å². The van der Waals surface area contributed by atoms with Crippen LogP contribution in [0.4, 0.5) is 0 Å². The van der Waals surface area contributed by atoms with Gasteiger partial charge in [-0.2, -0.15) is 0 Å². The topological polar surface area (TPSA) is 20.3 Å². The Balaban J connectivity index is 2.72. The molecule has 2 nitrogen and oxygen atoms in total. The summed E-state index contributed by atoms with van der Waals surface area (Å²) in [4.78, 5) is 13.5. The van der Waals surface area contributed by atoms with Crippen LogP contribution in [-0.2, 0) is 0 Å². The number of alkyl halides is 1. The third-order valence-electron chi connectivity index (χ3n) is 1.96. The van der Waals surface area contributed by atoms with Gasteiger partial charge in [0, 0.05) is 28.1 Å². The molecule has 15 heavy (non-hydrogen) atoms. The zero-order chi connectivity index (χ0) is 11.4. The van der Waals surface area contributed by atoms with E-state index in [-0.39, 0.29) is 11.3 Å². The van der Waals surface area contributed by atoms with E-state index in [0.29, 0.717) is 12.1 Å². The summed E-state index contributed by atoms with van der Waals surface area (Å²) in [5.74, 6) is 0.0129. The molecule has 0 aliphatic carbocycles. The molecular weight excluding hydrogens is 324 g/mol. The summed E-state index contributed by atoms with van der Waals surface area (Å²) in [6.45, 7) is 2.44. The molecule has 0 heterocycles. The molecule has 4 heteroatoms. The Hall–Kier alpha value is -0.290. The summed E-state index contributed by atoms with van der Waals surface area (Å²) < 4.78 is 1.12. The fourth-order valence-corrected chi connectivity index (χ4v) is 1.84. The summed E-state index contributed by atoms with van der Waals surface area (Å²) >= 11 is 8.05. The van der Waals surface area contributed by atoms with Crippen LogP contribution in [0.2, 0.25) is 0 Å². The van der Waals surface area contributed by atoms with Gasteiger partial charge in [-0.25, -0.2) is 0 Å². The second kappa shape index (κ2) is 5.70. The number of benzene rings is 1. The molecule has 0 aliphatic heterocycles. The minimum atomic E-state index is -0.0252. The van der Waals surface area contributed by atoms with E-state index >= 15 is 0 Å². The number of hydrogen-bond acceptors (Lipinski definition) is 1. The minimum absolute atomic E-state index is 0.0129. The van der Waals surface area contributed by atoms with Crippen LogP contribution in [0.25, 0.3) is 0 Å². The molecule has 82 valence electrons. The lowest BCUT2D eigenvalue weighted by Crippen LogP contribution is -2.31. The van der Waals surface area contributed by atoms with Crippen LogP contribution < -0.4 is 0 Å². The zero-order valence-electron chi connectivity index (χ0n) is 8.71. The number of carbonyl (C=O) groups excluding carboxylic acids is 1. The van der Waals surface area contributed by atoms with Crippen molar-refractivity contribution in [3.05, 3.63) is 33.4 Å². The van der Waals surface area contributed by atoms with Gasteiger partial charge in [0.2, 0.25) is 0 Å². The highest BCUT2D eigenvalue weighted by Gasteiger charge is 2.12. The lowest BCUT2D eigenvalue weighted by Gasteiger charge is -2.18. The first kappa shape index (κ1) is 12.8. The highest BCUT2D eigenvalue weighted by Crippen LogP contribution is 2.09. The number of rotatable bonds is 3. The van der Waals surface area contributed by atoms with Crippen molar-refractivity contribution < 1.29 is 4.79 Å². The first-order valence-electron chi connectivity index (χ1n) is 4.66. The quantitative estimate of drug-likeness (QED) is 0.613. The molecule has 0 saturated heterocycles. The monoisotopic (exact) mass is 337 g/mol. The van der Waals surface area contributed by atoms with Gasteiger partial charge in [-0.3, -0.25) is 4.79 Å². The predicted octanol–water partition coefficient (Wildman–Crippen LogP) is 2.99. The Bertz CT molecular complexity index is 337. The second-order valence-corrected chi connectivity index (χ2v) is 5.46. The molecule has 0 bridgehead atoms. The van der Waals surface area contributed by atoms with Crippen LogP contribution in [-0.4, -0.2) is 29.8 Å². The summed E-state index contributed by atoms with van der Waals surface area (Å²) in [6, 6.07) is 7.51.